The van der Waals surface area contributed by atoms with Crippen LogP contribution in [0, 0.1) is 0 Å². The Labute approximate surface area is 140 Å². The third-order valence-corrected chi connectivity index (χ3v) is 4.02. The van der Waals surface area contributed by atoms with E-state index < -0.39 is 5.97 Å². The quantitative estimate of drug-likeness (QED) is 0.876. The first-order valence-electron chi connectivity index (χ1n) is 7.93. The molecule has 2 amide bonds. The van der Waals surface area contributed by atoms with Crippen LogP contribution < -0.4 is 5.32 Å². The van der Waals surface area contributed by atoms with Crippen LogP contribution in [-0.4, -0.2) is 39.8 Å². The third-order valence-electron chi connectivity index (χ3n) is 4.02. The standard InChI is InChI=1S/C17H20N4O3/c1-3-24-16(22)15-13-11-21(10-9-14(13)20(2)19-15)17(23)18-12-7-5-4-6-8-12/h4-8H,3,9-11H2,1-2H3,(H,18,23). The zero-order valence-electron chi connectivity index (χ0n) is 13.8. The lowest BCUT2D eigenvalue weighted by molar-refractivity contribution is 0.0516. The summed E-state index contributed by atoms with van der Waals surface area (Å²) in [6, 6.07) is 9.10. The van der Waals surface area contributed by atoms with Crippen molar-refractivity contribution in [1.29, 1.82) is 0 Å². The van der Waals surface area contributed by atoms with Gasteiger partial charge in [0.25, 0.3) is 0 Å². The van der Waals surface area contributed by atoms with Crippen molar-refractivity contribution < 1.29 is 14.3 Å². The van der Waals surface area contributed by atoms with E-state index in [1.165, 1.54) is 0 Å². The van der Waals surface area contributed by atoms with Gasteiger partial charge in [0.15, 0.2) is 5.69 Å². The van der Waals surface area contributed by atoms with Crippen LogP contribution in [0.1, 0.15) is 28.7 Å². The molecule has 0 aliphatic carbocycles. The summed E-state index contributed by atoms with van der Waals surface area (Å²) in [5, 5.41) is 7.14. The van der Waals surface area contributed by atoms with Gasteiger partial charge < -0.3 is 15.0 Å². The van der Waals surface area contributed by atoms with Crippen molar-refractivity contribution in [1.82, 2.24) is 14.7 Å². The highest BCUT2D eigenvalue weighted by Crippen LogP contribution is 2.23. The maximum Gasteiger partial charge on any atom is 0.359 e. The molecule has 0 spiro atoms. The molecule has 2 aromatic rings. The van der Waals surface area contributed by atoms with Gasteiger partial charge in [0.2, 0.25) is 0 Å². The van der Waals surface area contributed by atoms with Crippen LogP contribution in [0.4, 0.5) is 10.5 Å². The lowest BCUT2D eigenvalue weighted by Crippen LogP contribution is -2.39. The summed E-state index contributed by atoms with van der Waals surface area (Å²) in [6.07, 6.45) is 0.653. The van der Waals surface area contributed by atoms with E-state index in [0.717, 1.165) is 16.9 Å². The molecule has 1 N–H and O–H groups in total. The number of rotatable bonds is 3. The number of ether oxygens (including phenoxy) is 1. The Hall–Kier alpha value is -2.83. The second-order valence-corrected chi connectivity index (χ2v) is 5.59. The highest BCUT2D eigenvalue weighted by atomic mass is 16.5. The van der Waals surface area contributed by atoms with E-state index in [4.69, 9.17) is 4.74 Å². The normalized spacial score (nSPS) is 13.3. The summed E-state index contributed by atoms with van der Waals surface area (Å²) in [6.45, 7) is 2.97. The minimum absolute atomic E-state index is 0.189. The molecular weight excluding hydrogens is 308 g/mol. The van der Waals surface area contributed by atoms with Crippen molar-refractivity contribution in [3.8, 4) is 0 Å². The summed E-state index contributed by atoms with van der Waals surface area (Å²) in [4.78, 5) is 26.2. The van der Waals surface area contributed by atoms with E-state index in [0.29, 0.717) is 31.8 Å². The molecule has 0 bridgehead atoms. The average molecular weight is 328 g/mol. The van der Waals surface area contributed by atoms with Crippen LogP contribution >= 0.6 is 0 Å². The van der Waals surface area contributed by atoms with Crippen molar-refractivity contribution in [3.05, 3.63) is 47.3 Å². The van der Waals surface area contributed by atoms with Crippen molar-refractivity contribution >= 4 is 17.7 Å². The number of fused-ring (bicyclic) bond motifs is 1. The van der Waals surface area contributed by atoms with Crippen molar-refractivity contribution in [2.45, 2.75) is 19.9 Å². The molecular formula is C17H20N4O3. The molecule has 1 aromatic carbocycles. The molecule has 24 heavy (non-hydrogen) atoms. The summed E-state index contributed by atoms with van der Waals surface area (Å²) >= 11 is 0. The smallest absolute Gasteiger partial charge is 0.359 e. The second kappa shape index (κ2) is 6.74. The van der Waals surface area contributed by atoms with Gasteiger partial charge in [0.1, 0.15) is 0 Å². The first-order valence-corrected chi connectivity index (χ1v) is 7.93. The van der Waals surface area contributed by atoms with Gasteiger partial charge in [0.05, 0.1) is 13.2 Å². The van der Waals surface area contributed by atoms with Crippen LogP contribution in [-0.2, 0) is 24.8 Å². The van der Waals surface area contributed by atoms with E-state index in [1.54, 1.807) is 23.6 Å². The number of esters is 1. The first-order chi connectivity index (χ1) is 11.6. The molecule has 3 rings (SSSR count). The number of aromatic nitrogens is 2. The summed E-state index contributed by atoms with van der Waals surface area (Å²) in [7, 11) is 1.81. The number of hydrogen-bond acceptors (Lipinski definition) is 4. The van der Waals surface area contributed by atoms with Gasteiger partial charge in [-0.15, -0.1) is 0 Å². The lowest BCUT2D eigenvalue weighted by atomic mass is 10.1. The van der Waals surface area contributed by atoms with E-state index >= 15 is 0 Å². The Balaban J connectivity index is 1.78. The minimum Gasteiger partial charge on any atom is -0.461 e. The average Bonchev–Trinajstić information content (AvgIpc) is 2.92. The topological polar surface area (TPSA) is 76.5 Å². The van der Waals surface area contributed by atoms with Crippen LogP contribution in [0.5, 0.6) is 0 Å². The fourth-order valence-electron chi connectivity index (χ4n) is 2.85. The van der Waals surface area contributed by atoms with Crippen LogP contribution in [0.2, 0.25) is 0 Å². The van der Waals surface area contributed by atoms with Crippen LogP contribution in [0.25, 0.3) is 0 Å². The van der Waals surface area contributed by atoms with Gasteiger partial charge in [-0.2, -0.15) is 5.10 Å². The Kier molecular flexibility index (Phi) is 4.50. The molecule has 0 atom stereocenters. The number of amides is 2. The molecule has 1 aromatic heterocycles. The molecule has 2 heterocycles. The number of anilines is 1. The number of nitrogens with one attached hydrogen (secondary N) is 1. The molecule has 7 heteroatoms. The molecule has 1 aliphatic rings. The first kappa shape index (κ1) is 16.0. The van der Waals surface area contributed by atoms with Crippen LogP contribution in [0.15, 0.2) is 30.3 Å². The number of para-hydroxylation sites is 1. The molecule has 0 radical (unpaired) electrons. The molecule has 126 valence electrons. The number of nitrogens with zero attached hydrogens (tertiary/aromatic N) is 3. The Morgan fingerprint density at radius 3 is 2.75 bits per heavy atom. The molecule has 0 saturated heterocycles. The monoisotopic (exact) mass is 328 g/mol. The van der Waals surface area contributed by atoms with Gasteiger partial charge in [-0.3, -0.25) is 4.68 Å². The fraction of sp³-hybridized carbons (Fsp3) is 0.353. The number of hydrogen-bond donors (Lipinski definition) is 1. The Morgan fingerprint density at radius 1 is 1.29 bits per heavy atom. The van der Waals surface area contributed by atoms with E-state index in [2.05, 4.69) is 10.4 Å². The summed E-state index contributed by atoms with van der Waals surface area (Å²) in [5.41, 5.74) is 2.78. The predicted molar refractivity (Wildman–Crippen MR) is 88.7 cm³/mol. The summed E-state index contributed by atoms with van der Waals surface area (Å²) in [5.74, 6) is -0.445. The second-order valence-electron chi connectivity index (χ2n) is 5.59. The maximum atomic E-state index is 12.5. The van der Waals surface area contributed by atoms with Crippen molar-refractivity contribution in [2.75, 3.05) is 18.5 Å². The largest absolute Gasteiger partial charge is 0.461 e. The fourth-order valence-corrected chi connectivity index (χ4v) is 2.85. The van der Waals surface area contributed by atoms with Gasteiger partial charge in [0, 0.05) is 37.0 Å². The van der Waals surface area contributed by atoms with Gasteiger partial charge in [-0.05, 0) is 19.1 Å². The highest BCUT2D eigenvalue weighted by molar-refractivity contribution is 5.91. The van der Waals surface area contributed by atoms with Crippen molar-refractivity contribution in [3.63, 3.8) is 0 Å². The number of carbonyl (C=O) groups is 2. The van der Waals surface area contributed by atoms with E-state index in [-0.39, 0.29) is 6.03 Å². The van der Waals surface area contributed by atoms with Gasteiger partial charge >= 0.3 is 12.0 Å². The molecule has 1 aliphatic heterocycles. The predicted octanol–water partition coefficient (Wildman–Crippen LogP) is 2.19. The Bertz CT molecular complexity index is 755. The maximum absolute atomic E-state index is 12.5. The molecule has 7 nitrogen and oxygen atoms in total. The third kappa shape index (κ3) is 3.10. The number of benzene rings is 1. The zero-order valence-corrected chi connectivity index (χ0v) is 13.8. The molecule has 0 fully saturated rings. The van der Waals surface area contributed by atoms with E-state index in [9.17, 15) is 9.59 Å². The van der Waals surface area contributed by atoms with Gasteiger partial charge in [-0.1, -0.05) is 18.2 Å². The minimum atomic E-state index is -0.445. The SMILES string of the molecule is CCOC(=O)c1nn(C)c2c1CN(C(=O)Nc1ccccc1)CC2. The van der Waals surface area contributed by atoms with Crippen molar-refractivity contribution in [2.24, 2.45) is 7.05 Å². The van der Waals surface area contributed by atoms with Gasteiger partial charge in [-0.25, -0.2) is 9.59 Å². The van der Waals surface area contributed by atoms with E-state index in [1.807, 2.05) is 30.3 Å². The highest BCUT2D eigenvalue weighted by Gasteiger charge is 2.29. The molecule has 0 saturated carbocycles. The number of carbonyl (C=O) groups excluding carboxylic acids is 2. The summed E-state index contributed by atoms with van der Waals surface area (Å²) < 4.78 is 6.77. The van der Waals surface area contributed by atoms with Crippen LogP contribution in [0.3, 0.4) is 0 Å². The number of urea groups is 1. The lowest BCUT2D eigenvalue weighted by Gasteiger charge is -2.27. The molecule has 0 unspecified atom stereocenters. The number of aryl methyl sites for hydroxylation is 1. The zero-order chi connectivity index (χ0) is 17.1. The Morgan fingerprint density at radius 2 is 2.04 bits per heavy atom.